The lowest BCUT2D eigenvalue weighted by molar-refractivity contribution is -0.384. The van der Waals surface area contributed by atoms with E-state index in [-0.39, 0.29) is 5.69 Å². The molecule has 0 fully saturated rings. The summed E-state index contributed by atoms with van der Waals surface area (Å²) in [4.78, 5) is 14.8. The summed E-state index contributed by atoms with van der Waals surface area (Å²) in [6, 6.07) is 6.51. The van der Waals surface area contributed by atoms with Crippen LogP contribution in [-0.4, -0.2) is 20.1 Å². The molecule has 1 aromatic carbocycles. The van der Waals surface area contributed by atoms with Crippen LogP contribution in [0.5, 0.6) is 0 Å². The van der Waals surface area contributed by atoms with E-state index in [1.165, 1.54) is 6.07 Å². The molecule has 0 radical (unpaired) electrons. The van der Waals surface area contributed by atoms with Crippen LogP contribution in [0.4, 0.5) is 5.69 Å². The Kier molecular flexibility index (Phi) is 3.66. The minimum absolute atomic E-state index is 0.0377. The number of unbranched alkanes of at least 4 members (excludes halogenated alkanes) is 1. The highest BCUT2D eigenvalue weighted by molar-refractivity contribution is 5.67. The number of H-pyrrole nitrogens is 1. The zero-order valence-corrected chi connectivity index (χ0v) is 10.1. The van der Waals surface area contributed by atoms with Gasteiger partial charge in [0.15, 0.2) is 11.6 Å². The molecule has 0 aliphatic carbocycles. The van der Waals surface area contributed by atoms with Crippen molar-refractivity contribution in [3.8, 4) is 11.4 Å². The van der Waals surface area contributed by atoms with Crippen molar-refractivity contribution in [2.45, 2.75) is 26.2 Å². The lowest BCUT2D eigenvalue weighted by atomic mass is 10.1. The lowest BCUT2D eigenvalue weighted by Crippen LogP contribution is -1.92. The Bertz CT molecular complexity index is 551. The minimum Gasteiger partial charge on any atom is -0.259 e. The van der Waals surface area contributed by atoms with Gasteiger partial charge >= 0.3 is 0 Å². The molecule has 18 heavy (non-hydrogen) atoms. The number of hydrogen-bond acceptors (Lipinski definition) is 4. The van der Waals surface area contributed by atoms with Crippen molar-refractivity contribution in [2.75, 3.05) is 0 Å². The molecule has 94 valence electrons. The van der Waals surface area contributed by atoms with Crippen LogP contribution < -0.4 is 0 Å². The van der Waals surface area contributed by atoms with E-state index in [0.29, 0.717) is 17.2 Å². The van der Waals surface area contributed by atoms with Crippen LogP contribution in [0.1, 0.15) is 25.6 Å². The molecule has 0 aliphatic rings. The van der Waals surface area contributed by atoms with Crippen LogP contribution in [0.25, 0.3) is 11.4 Å². The second-order valence-corrected chi connectivity index (χ2v) is 3.98. The van der Waals surface area contributed by atoms with Crippen molar-refractivity contribution in [1.29, 1.82) is 0 Å². The fourth-order valence-electron chi connectivity index (χ4n) is 1.70. The van der Waals surface area contributed by atoms with E-state index in [0.717, 1.165) is 19.3 Å². The van der Waals surface area contributed by atoms with Gasteiger partial charge in [0.2, 0.25) is 0 Å². The molecule has 2 rings (SSSR count). The van der Waals surface area contributed by atoms with Crippen molar-refractivity contribution in [3.63, 3.8) is 0 Å². The molecule has 6 nitrogen and oxygen atoms in total. The van der Waals surface area contributed by atoms with E-state index in [2.05, 4.69) is 22.1 Å². The average Bonchev–Trinajstić information content (AvgIpc) is 2.85. The number of nitro groups is 1. The van der Waals surface area contributed by atoms with Crippen molar-refractivity contribution in [3.05, 3.63) is 40.2 Å². The van der Waals surface area contributed by atoms with Crippen molar-refractivity contribution in [2.24, 2.45) is 0 Å². The van der Waals surface area contributed by atoms with Crippen molar-refractivity contribution >= 4 is 5.69 Å². The van der Waals surface area contributed by atoms with Gasteiger partial charge in [-0.1, -0.05) is 25.5 Å². The third-order valence-corrected chi connectivity index (χ3v) is 2.64. The van der Waals surface area contributed by atoms with E-state index in [1.807, 2.05) is 0 Å². The monoisotopic (exact) mass is 246 g/mol. The maximum absolute atomic E-state index is 10.9. The number of hydrogen-bond donors (Lipinski definition) is 1. The lowest BCUT2D eigenvalue weighted by Gasteiger charge is -1.97. The molecule has 0 aliphatic heterocycles. The topological polar surface area (TPSA) is 84.7 Å². The Balaban J connectivity index is 2.31. The number of nitrogens with zero attached hydrogens (tertiary/aromatic N) is 3. The summed E-state index contributed by atoms with van der Waals surface area (Å²) in [5, 5.41) is 17.7. The van der Waals surface area contributed by atoms with E-state index in [4.69, 9.17) is 0 Å². The van der Waals surface area contributed by atoms with E-state index >= 15 is 0 Å². The van der Waals surface area contributed by atoms with E-state index in [1.54, 1.807) is 18.2 Å². The van der Waals surface area contributed by atoms with E-state index in [9.17, 15) is 10.1 Å². The van der Waals surface area contributed by atoms with Crippen molar-refractivity contribution in [1.82, 2.24) is 15.2 Å². The number of nitrogens with one attached hydrogen (secondary N) is 1. The van der Waals surface area contributed by atoms with Crippen LogP contribution in [0, 0.1) is 10.1 Å². The zero-order chi connectivity index (χ0) is 13.0. The predicted molar refractivity (Wildman–Crippen MR) is 67.1 cm³/mol. The number of aromatic nitrogens is 3. The van der Waals surface area contributed by atoms with Crippen LogP contribution in [0.15, 0.2) is 24.3 Å². The molecule has 0 saturated carbocycles. The first kappa shape index (κ1) is 12.2. The van der Waals surface area contributed by atoms with Crippen LogP contribution >= 0.6 is 0 Å². The smallest absolute Gasteiger partial charge is 0.259 e. The maximum atomic E-state index is 10.9. The fraction of sp³-hybridized carbons (Fsp3) is 0.333. The molecule has 1 aromatic heterocycles. The van der Waals surface area contributed by atoms with Gasteiger partial charge in [-0.25, -0.2) is 4.98 Å². The molecule has 2 aromatic rings. The standard InChI is InChI=1S/C12H14N4O2/c1-2-3-8-11-13-12(15-14-11)9-6-4-5-7-10(9)16(17)18/h4-7H,2-3,8H2,1H3,(H,13,14,15). The van der Waals surface area contributed by atoms with Gasteiger partial charge in [-0.2, -0.15) is 5.10 Å². The highest BCUT2D eigenvalue weighted by Gasteiger charge is 2.17. The fourth-order valence-corrected chi connectivity index (χ4v) is 1.70. The summed E-state index contributed by atoms with van der Waals surface area (Å²) in [6.45, 7) is 2.09. The number of aromatic amines is 1. The highest BCUT2D eigenvalue weighted by atomic mass is 16.6. The second kappa shape index (κ2) is 5.39. The van der Waals surface area contributed by atoms with Crippen molar-refractivity contribution < 1.29 is 4.92 Å². The van der Waals surface area contributed by atoms with Crippen LogP contribution in [0.2, 0.25) is 0 Å². The number of rotatable bonds is 5. The first-order valence-corrected chi connectivity index (χ1v) is 5.87. The Morgan fingerprint density at radius 1 is 1.39 bits per heavy atom. The summed E-state index contributed by atoms with van der Waals surface area (Å²) in [6.07, 6.45) is 2.86. The van der Waals surface area contributed by atoms with Gasteiger partial charge in [-0.15, -0.1) is 0 Å². The summed E-state index contributed by atoms with van der Waals surface area (Å²) < 4.78 is 0. The van der Waals surface area contributed by atoms with Gasteiger partial charge in [0.05, 0.1) is 10.5 Å². The SMILES string of the molecule is CCCCc1n[nH]c(-c2ccccc2[N+](=O)[O-])n1. The van der Waals surface area contributed by atoms with Gasteiger partial charge < -0.3 is 0 Å². The largest absolute Gasteiger partial charge is 0.280 e. The molecule has 0 atom stereocenters. The van der Waals surface area contributed by atoms with Gasteiger partial charge in [0.25, 0.3) is 5.69 Å². The van der Waals surface area contributed by atoms with Crippen LogP contribution in [-0.2, 0) is 6.42 Å². The number of benzene rings is 1. The molecule has 0 bridgehead atoms. The Hall–Kier alpha value is -2.24. The predicted octanol–water partition coefficient (Wildman–Crippen LogP) is 2.72. The Morgan fingerprint density at radius 2 is 2.17 bits per heavy atom. The number of aryl methyl sites for hydroxylation is 1. The minimum atomic E-state index is -0.413. The molecular formula is C12H14N4O2. The Morgan fingerprint density at radius 3 is 2.89 bits per heavy atom. The third kappa shape index (κ3) is 2.53. The molecular weight excluding hydrogens is 232 g/mol. The van der Waals surface area contributed by atoms with Gasteiger partial charge in [-0.05, 0) is 12.5 Å². The molecule has 1 N–H and O–H groups in total. The molecule has 0 spiro atoms. The summed E-state index contributed by atoms with van der Waals surface area (Å²) in [7, 11) is 0. The number of para-hydroxylation sites is 1. The Labute approximate surface area is 104 Å². The molecule has 0 unspecified atom stereocenters. The molecule has 6 heteroatoms. The molecule has 0 saturated heterocycles. The summed E-state index contributed by atoms with van der Waals surface area (Å²) in [5.74, 6) is 1.15. The average molecular weight is 246 g/mol. The number of nitro benzene ring substituents is 1. The highest BCUT2D eigenvalue weighted by Crippen LogP contribution is 2.26. The maximum Gasteiger partial charge on any atom is 0.280 e. The normalized spacial score (nSPS) is 10.5. The summed E-state index contributed by atoms with van der Waals surface area (Å²) in [5.41, 5.74) is 0.508. The quantitative estimate of drug-likeness (QED) is 0.649. The third-order valence-electron chi connectivity index (χ3n) is 2.64. The van der Waals surface area contributed by atoms with E-state index < -0.39 is 4.92 Å². The first-order chi connectivity index (χ1) is 8.72. The van der Waals surface area contributed by atoms with Gasteiger partial charge in [0.1, 0.15) is 0 Å². The molecule has 0 amide bonds. The van der Waals surface area contributed by atoms with Gasteiger partial charge in [-0.3, -0.25) is 15.2 Å². The second-order valence-electron chi connectivity index (χ2n) is 3.98. The van der Waals surface area contributed by atoms with Crippen LogP contribution in [0.3, 0.4) is 0 Å². The zero-order valence-electron chi connectivity index (χ0n) is 10.1. The van der Waals surface area contributed by atoms with Gasteiger partial charge in [0, 0.05) is 12.5 Å². The molecule has 1 heterocycles. The first-order valence-electron chi connectivity index (χ1n) is 5.87. The summed E-state index contributed by atoms with van der Waals surface area (Å²) >= 11 is 0.